The van der Waals surface area contributed by atoms with Crippen LogP contribution < -0.4 is 0 Å². The van der Waals surface area contributed by atoms with E-state index in [0.717, 1.165) is 32.3 Å². The van der Waals surface area contributed by atoms with E-state index < -0.39 is 0 Å². The molecule has 2 amide bonds. The van der Waals surface area contributed by atoms with Gasteiger partial charge in [-0.2, -0.15) is 0 Å². The quantitative estimate of drug-likeness (QED) is 0.441. The van der Waals surface area contributed by atoms with Gasteiger partial charge in [-0.1, -0.05) is 64.0 Å². The highest BCUT2D eigenvalue weighted by molar-refractivity contribution is 9.10. The van der Waals surface area contributed by atoms with Gasteiger partial charge < -0.3 is 0 Å². The fourth-order valence-electron chi connectivity index (χ4n) is 2.25. The highest BCUT2D eigenvalue weighted by atomic mass is 79.9. The molecule has 0 atom stereocenters. The van der Waals surface area contributed by atoms with E-state index >= 15 is 0 Å². The minimum atomic E-state index is -0.368. The third-order valence-corrected chi connectivity index (χ3v) is 5.68. The van der Waals surface area contributed by atoms with Gasteiger partial charge in [-0.05, 0) is 53.2 Å². The van der Waals surface area contributed by atoms with E-state index in [4.69, 9.17) is 23.8 Å². The average molecular weight is 453 g/mol. The van der Waals surface area contributed by atoms with E-state index in [1.807, 2.05) is 36.4 Å². The van der Waals surface area contributed by atoms with Crippen LogP contribution in [0.5, 0.6) is 0 Å². The molecule has 2 aromatic rings. The van der Waals surface area contributed by atoms with Crippen LogP contribution in [0.3, 0.4) is 0 Å². The van der Waals surface area contributed by atoms with Crippen molar-refractivity contribution < 1.29 is 9.59 Å². The Morgan fingerprint density at radius 1 is 1.16 bits per heavy atom. The fourth-order valence-corrected chi connectivity index (χ4v) is 3.91. The van der Waals surface area contributed by atoms with Crippen molar-refractivity contribution in [1.82, 2.24) is 4.90 Å². The van der Waals surface area contributed by atoms with Gasteiger partial charge in [-0.3, -0.25) is 9.59 Å². The van der Waals surface area contributed by atoms with Crippen LogP contribution in [0.4, 0.5) is 4.79 Å². The number of carbonyl (C=O) groups excluding carboxylic acids is 2. The van der Waals surface area contributed by atoms with Gasteiger partial charge in [-0.15, -0.1) is 0 Å². The lowest BCUT2D eigenvalue weighted by atomic mass is 10.1. The van der Waals surface area contributed by atoms with Crippen LogP contribution >= 0.6 is 51.5 Å². The highest BCUT2D eigenvalue weighted by Crippen LogP contribution is 2.34. The highest BCUT2D eigenvalue weighted by Gasteiger charge is 2.36. The first-order valence-corrected chi connectivity index (χ1v) is 9.64. The summed E-state index contributed by atoms with van der Waals surface area (Å²) in [6.07, 6.45) is 1.90. The zero-order valence-electron chi connectivity index (χ0n) is 12.7. The first-order valence-electron chi connectivity index (χ1n) is 7.25. The van der Waals surface area contributed by atoms with Crippen molar-refractivity contribution in [3.63, 3.8) is 0 Å². The maximum atomic E-state index is 12.5. The fraction of sp³-hybridized carbons (Fsp3) is 0.0556. The Morgan fingerprint density at radius 2 is 1.80 bits per heavy atom. The summed E-state index contributed by atoms with van der Waals surface area (Å²) in [7, 11) is 0. The van der Waals surface area contributed by atoms with Crippen molar-refractivity contribution in [1.29, 1.82) is 0 Å². The van der Waals surface area contributed by atoms with Crippen LogP contribution in [0, 0.1) is 0 Å². The number of hydrogen-bond acceptors (Lipinski definition) is 4. The molecule has 1 fully saturated rings. The van der Waals surface area contributed by atoms with Crippen molar-refractivity contribution >= 4 is 73.7 Å². The largest absolute Gasteiger partial charge is 0.298 e. The second-order valence-electron chi connectivity index (χ2n) is 5.27. The summed E-state index contributed by atoms with van der Waals surface area (Å²) in [5.41, 5.74) is 1.69. The van der Waals surface area contributed by atoms with Crippen LogP contribution in [0.2, 0.25) is 5.02 Å². The summed E-state index contributed by atoms with van der Waals surface area (Å²) < 4.78 is 0.931. The van der Waals surface area contributed by atoms with E-state index in [0.29, 0.717) is 9.93 Å². The van der Waals surface area contributed by atoms with Crippen molar-refractivity contribution in [2.45, 2.75) is 6.42 Å². The Balaban J connectivity index is 1.77. The number of hydrogen-bond donors (Lipinski definition) is 0. The SMILES string of the molecule is O=C(Cc1ccc(Br)cc1)N1C(=O)S/C(=C/c2ccc(Cl)cc2)C1=S. The maximum absolute atomic E-state index is 12.5. The Labute approximate surface area is 168 Å². The Hall–Kier alpha value is -1.47. The first-order chi connectivity index (χ1) is 11.9. The Bertz CT molecular complexity index is 879. The summed E-state index contributed by atoms with van der Waals surface area (Å²) in [6.45, 7) is 0. The predicted octanol–water partition coefficient (Wildman–Crippen LogP) is 5.71. The molecule has 1 aliphatic rings. The van der Waals surface area contributed by atoms with Gasteiger partial charge in [0.15, 0.2) is 0 Å². The zero-order chi connectivity index (χ0) is 18.0. The molecule has 2 aromatic carbocycles. The number of nitrogens with zero attached hydrogens (tertiary/aromatic N) is 1. The summed E-state index contributed by atoms with van der Waals surface area (Å²) in [5.74, 6) is -0.329. The third-order valence-electron chi connectivity index (χ3n) is 3.48. The molecule has 0 aliphatic carbocycles. The van der Waals surface area contributed by atoms with E-state index in [1.165, 1.54) is 0 Å². The van der Waals surface area contributed by atoms with E-state index in [-0.39, 0.29) is 22.6 Å². The average Bonchev–Trinajstić information content (AvgIpc) is 2.85. The molecule has 0 unspecified atom stereocenters. The number of carbonyl (C=O) groups is 2. The Morgan fingerprint density at radius 3 is 2.44 bits per heavy atom. The van der Waals surface area contributed by atoms with E-state index in [9.17, 15) is 9.59 Å². The van der Waals surface area contributed by atoms with Crippen molar-refractivity contribution in [2.75, 3.05) is 0 Å². The smallest absolute Gasteiger partial charge is 0.274 e. The number of imide groups is 1. The molecule has 126 valence electrons. The number of thiocarbonyl (C=S) groups is 1. The number of amides is 2. The first kappa shape index (κ1) is 18.3. The molecular formula is C18H11BrClNO2S2. The van der Waals surface area contributed by atoms with Gasteiger partial charge in [0.1, 0.15) is 4.99 Å². The molecule has 0 saturated carbocycles. The Kier molecular flexibility index (Phi) is 5.74. The summed E-state index contributed by atoms with van der Waals surface area (Å²) in [6, 6.07) is 14.6. The third kappa shape index (κ3) is 4.39. The molecule has 0 spiro atoms. The van der Waals surface area contributed by atoms with E-state index in [2.05, 4.69) is 15.9 Å². The molecule has 0 bridgehead atoms. The van der Waals surface area contributed by atoms with Gasteiger partial charge in [0, 0.05) is 9.50 Å². The molecule has 7 heteroatoms. The number of halogens is 2. The van der Waals surface area contributed by atoms with Gasteiger partial charge in [0.2, 0.25) is 5.91 Å². The lowest BCUT2D eigenvalue weighted by molar-refractivity contribution is -0.124. The lowest BCUT2D eigenvalue weighted by Gasteiger charge is -2.12. The van der Waals surface area contributed by atoms with Gasteiger partial charge in [0.25, 0.3) is 5.24 Å². The summed E-state index contributed by atoms with van der Waals surface area (Å²) in [5, 5.41) is 0.263. The van der Waals surface area contributed by atoms with Gasteiger partial charge >= 0.3 is 0 Å². The van der Waals surface area contributed by atoms with Crippen molar-refractivity contribution in [3.05, 3.63) is 74.1 Å². The molecule has 0 N–H and O–H groups in total. The van der Waals surface area contributed by atoms with Crippen LogP contribution in [0.1, 0.15) is 11.1 Å². The molecule has 1 aliphatic heterocycles. The topological polar surface area (TPSA) is 37.4 Å². The lowest BCUT2D eigenvalue weighted by Crippen LogP contribution is -2.35. The second kappa shape index (κ2) is 7.83. The van der Waals surface area contributed by atoms with Crippen molar-refractivity contribution in [3.8, 4) is 0 Å². The number of benzene rings is 2. The molecule has 0 radical (unpaired) electrons. The molecule has 1 saturated heterocycles. The monoisotopic (exact) mass is 451 g/mol. The molecule has 3 nitrogen and oxygen atoms in total. The van der Waals surface area contributed by atoms with Gasteiger partial charge in [-0.25, -0.2) is 4.90 Å². The van der Waals surface area contributed by atoms with Crippen molar-refractivity contribution in [2.24, 2.45) is 0 Å². The van der Waals surface area contributed by atoms with E-state index in [1.54, 1.807) is 18.2 Å². The van der Waals surface area contributed by atoms with Crippen LogP contribution in [0.25, 0.3) is 6.08 Å². The number of rotatable bonds is 3. The molecule has 25 heavy (non-hydrogen) atoms. The van der Waals surface area contributed by atoms with Gasteiger partial charge in [0.05, 0.1) is 11.3 Å². The second-order valence-corrected chi connectivity index (χ2v) is 8.00. The zero-order valence-corrected chi connectivity index (χ0v) is 16.7. The molecule has 1 heterocycles. The molecular weight excluding hydrogens is 442 g/mol. The normalized spacial score (nSPS) is 15.9. The van der Waals surface area contributed by atoms with Crippen LogP contribution in [-0.4, -0.2) is 21.0 Å². The molecule has 3 rings (SSSR count). The summed E-state index contributed by atoms with van der Waals surface area (Å²) in [4.78, 5) is 26.7. The van der Waals surface area contributed by atoms with Crippen LogP contribution in [-0.2, 0) is 11.2 Å². The standard InChI is InChI=1S/C18H11BrClNO2S2/c19-13-5-1-12(2-6-13)10-16(22)21-17(24)15(25-18(21)23)9-11-3-7-14(20)8-4-11/h1-9H,10H2/b15-9+. The maximum Gasteiger partial charge on any atom is 0.298 e. The summed E-state index contributed by atoms with van der Waals surface area (Å²) >= 11 is 15.5. The number of thioether (sulfide) groups is 1. The predicted molar refractivity (Wildman–Crippen MR) is 110 cm³/mol. The molecule has 0 aromatic heterocycles. The minimum Gasteiger partial charge on any atom is -0.274 e. The van der Waals surface area contributed by atoms with Crippen LogP contribution in [0.15, 0.2) is 57.9 Å². The minimum absolute atomic E-state index is 0.119.